The number of nitrogens with one attached hydrogen (secondary N) is 1. The summed E-state index contributed by atoms with van der Waals surface area (Å²) in [6, 6.07) is 3.58. The number of benzene rings is 1. The second-order valence-corrected chi connectivity index (χ2v) is 16.7. The van der Waals surface area contributed by atoms with Crippen molar-refractivity contribution in [3.8, 4) is 11.5 Å². The second kappa shape index (κ2) is 14.6. The number of carbonyl (C=O) groups is 1. The van der Waals surface area contributed by atoms with E-state index in [0.717, 1.165) is 71.2 Å². The number of carbonyl (C=O) groups excluding carboxylic acids is 1. The number of anilines is 1. The lowest BCUT2D eigenvalue weighted by atomic mass is 9.72. The smallest absolute Gasteiger partial charge is 0.280 e. The Kier molecular flexibility index (Phi) is 10.3. The molecule has 7 rings (SSSR count). The molecule has 5 fully saturated rings. The first kappa shape index (κ1) is 35.5. The monoisotopic (exact) mass is 715 g/mol. The summed E-state index contributed by atoms with van der Waals surface area (Å²) in [6.45, 7) is 12.1. The number of hydrogen-bond acceptors (Lipinski definition) is 10. The molecule has 1 spiro atoms. The van der Waals surface area contributed by atoms with Gasteiger partial charge in [-0.25, -0.2) is 14.4 Å². The van der Waals surface area contributed by atoms with Crippen LogP contribution >= 0.6 is 0 Å². The molecule has 5 saturated heterocycles. The predicted molar refractivity (Wildman–Crippen MR) is 185 cm³/mol. The Bertz CT molecular complexity index is 1620. The van der Waals surface area contributed by atoms with Crippen molar-refractivity contribution in [3.63, 3.8) is 0 Å². The van der Waals surface area contributed by atoms with Crippen LogP contribution in [-0.2, 0) is 19.7 Å². The quantitative estimate of drug-likeness (QED) is 0.413. The number of halogens is 1. The molecule has 1 aromatic carbocycles. The van der Waals surface area contributed by atoms with Gasteiger partial charge in [0.2, 0.25) is 0 Å². The Labute approximate surface area is 294 Å². The highest BCUT2D eigenvalue weighted by molar-refractivity contribution is 7.87. The van der Waals surface area contributed by atoms with Gasteiger partial charge in [0.25, 0.3) is 16.1 Å². The average Bonchev–Trinajstić information content (AvgIpc) is 3.53. The molecule has 15 heteroatoms. The van der Waals surface area contributed by atoms with Gasteiger partial charge in [0.05, 0.1) is 49.8 Å². The van der Waals surface area contributed by atoms with E-state index in [9.17, 15) is 17.6 Å². The fourth-order valence-corrected chi connectivity index (χ4v) is 10.0. The summed E-state index contributed by atoms with van der Waals surface area (Å²) >= 11 is 0. The van der Waals surface area contributed by atoms with Gasteiger partial charge in [0, 0.05) is 43.7 Å². The topological polar surface area (TPSA) is 130 Å². The van der Waals surface area contributed by atoms with Gasteiger partial charge >= 0.3 is 0 Å². The molecule has 1 aromatic heterocycles. The maximum atomic E-state index is 14.5. The number of amides is 1. The van der Waals surface area contributed by atoms with Gasteiger partial charge in [0.1, 0.15) is 17.9 Å². The summed E-state index contributed by atoms with van der Waals surface area (Å²) in [5.74, 6) is 0.532. The summed E-state index contributed by atoms with van der Waals surface area (Å²) in [4.78, 5) is 28.8. The molecule has 2 aromatic rings. The number of aromatic nitrogens is 2. The molecule has 1 amide bonds. The average molecular weight is 716 g/mol. The fraction of sp³-hybridized carbons (Fsp3) is 0.686. The molecule has 0 radical (unpaired) electrons. The highest BCUT2D eigenvalue weighted by Gasteiger charge is 2.46. The Balaban J connectivity index is 0.911. The van der Waals surface area contributed by atoms with Crippen LogP contribution in [0.15, 0.2) is 30.7 Å². The van der Waals surface area contributed by atoms with Crippen LogP contribution in [0.1, 0.15) is 69.7 Å². The maximum absolute atomic E-state index is 14.5. The summed E-state index contributed by atoms with van der Waals surface area (Å²) < 4.78 is 62.7. The normalized spacial score (nSPS) is 29.2. The molecule has 5 aliphatic heterocycles. The molecule has 0 saturated carbocycles. The summed E-state index contributed by atoms with van der Waals surface area (Å²) in [5, 5.41) is 0. The van der Waals surface area contributed by atoms with Crippen LogP contribution in [0, 0.1) is 11.2 Å². The fourth-order valence-electron chi connectivity index (χ4n) is 8.35. The van der Waals surface area contributed by atoms with E-state index in [-0.39, 0.29) is 52.9 Å². The highest BCUT2D eigenvalue weighted by Crippen LogP contribution is 2.45. The van der Waals surface area contributed by atoms with Crippen molar-refractivity contribution in [2.24, 2.45) is 5.41 Å². The predicted octanol–water partition coefficient (Wildman–Crippen LogP) is 3.43. The van der Waals surface area contributed by atoms with Crippen LogP contribution in [-0.4, -0.2) is 128 Å². The third kappa shape index (κ3) is 7.49. The van der Waals surface area contributed by atoms with Gasteiger partial charge in [-0.2, -0.15) is 17.4 Å². The van der Waals surface area contributed by atoms with Crippen LogP contribution in [0.2, 0.25) is 0 Å². The van der Waals surface area contributed by atoms with Gasteiger partial charge < -0.3 is 28.9 Å². The molecular weight excluding hydrogens is 665 g/mol. The van der Waals surface area contributed by atoms with Crippen molar-refractivity contribution in [2.75, 3.05) is 64.0 Å². The minimum Gasteiger partial charge on any atom is -0.451 e. The Hall–Kier alpha value is -2.95. The number of piperidine rings is 1. The number of morpholine rings is 1. The number of hydrogen-bond donors (Lipinski definition) is 1. The third-order valence-corrected chi connectivity index (χ3v) is 13.0. The van der Waals surface area contributed by atoms with E-state index in [0.29, 0.717) is 37.9 Å². The molecule has 1 N–H and O–H groups in total. The first-order chi connectivity index (χ1) is 24.0. The van der Waals surface area contributed by atoms with Crippen LogP contribution in [0.3, 0.4) is 0 Å². The van der Waals surface area contributed by atoms with Gasteiger partial charge in [0.15, 0.2) is 11.6 Å². The van der Waals surface area contributed by atoms with Crippen molar-refractivity contribution in [3.05, 3.63) is 42.1 Å². The van der Waals surface area contributed by atoms with E-state index in [1.165, 1.54) is 24.5 Å². The third-order valence-electron chi connectivity index (χ3n) is 11.2. The van der Waals surface area contributed by atoms with Gasteiger partial charge in [-0.3, -0.25) is 4.79 Å². The Morgan fingerprint density at radius 2 is 1.78 bits per heavy atom. The number of ether oxygens (including phenoxy) is 3. The lowest BCUT2D eigenvalue weighted by Gasteiger charge is -2.54. The first-order valence-corrected chi connectivity index (χ1v) is 19.5. The molecule has 5 aliphatic rings. The van der Waals surface area contributed by atoms with Crippen molar-refractivity contribution in [1.82, 2.24) is 28.8 Å². The summed E-state index contributed by atoms with van der Waals surface area (Å²) in [5.41, 5.74) is 0.338. The molecule has 0 aliphatic carbocycles. The van der Waals surface area contributed by atoms with Crippen LogP contribution in [0.5, 0.6) is 11.5 Å². The van der Waals surface area contributed by atoms with E-state index < -0.39 is 16.0 Å². The SMILES string of the molecule is CC1CCCN1S(=O)(=O)N[C@@H]1CC[C@@H](CN2CCC3(CC2)CN(c2ncncc2Oc2ccc(F)cc2C(=O)N2[C@H](C)COC[C@H]2C)C3)OC1. The Morgan fingerprint density at radius 3 is 2.46 bits per heavy atom. The molecule has 6 heterocycles. The van der Waals surface area contributed by atoms with E-state index in [2.05, 4.69) is 24.5 Å². The lowest BCUT2D eigenvalue weighted by Crippen LogP contribution is -2.61. The van der Waals surface area contributed by atoms with E-state index in [1.807, 2.05) is 20.8 Å². The van der Waals surface area contributed by atoms with E-state index >= 15 is 0 Å². The summed E-state index contributed by atoms with van der Waals surface area (Å²) in [6.07, 6.45) is 8.74. The van der Waals surface area contributed by atoms with Crippen molar-refractivity contribution >= 4 is 21.9 Å². The van der Waals surface area contributed by atoms with Crippen LogP contribution in [0.25, 0.3) is 0 Å². The number of likely N-dealkylation sites (tertiary alicyclic amines) is 1. The minimum absolute atomic E-state index is 0.0479. The maximum Gasteiger partial charge on any atom is 0.280 e. The molecule has 5 atom stereocenters. The molecular formula is C35H50FN7O6S. The van der Waals surface area contributed by atoms with Crippen molar-refractivity contribution in [2.45, 2.75) is 89.6 Å². The zero-order valence-electron chi connectivity index (χ0n) is 29.3. The minimum atomic E-state index is -3.48. The largest absolute Gasteiger partial charge is 0.451 e. The van der Waals surface area contributed by atoms with Crippen LogP contribution in [0.4, 0.5) is 10.2 Å². The van der Waals surface area contributed by atoms with Gasteiger partial charge in [-0.1, -0.05) is 0 Å². The van der Waals surface area contributed by atoms with Gasteiger partial charge in [-0.15, -0.1) is 0 Å². The zero-order chi connectivity index (χ0) is 35.0. The zero-order valence-corrected chi connectivity index (χ0v) is 30.1. The molecule has 274 valence electrons. The molecule has 50 heavy (non-hydrogen) atoms. The first-order valence-electron chi connectivity index (χ1n) is 18.1. The van der Waals surface area contributed by atoms with Gasteiger partial charge in [-0.05, 0) is 90.6 Å². The lowest BCUT2D eigenvalue weighted by molar-refractivity contribution is -0.0301. The van der Waals surface area contributed by atoms with Crippen LogP contribution < -0.4 is 14.4 Å². The highest BCUT2D eigenvalue weighted by atomic mass is 32.2. The standard InChI is InChI=1S/C35H50FN7O6S/c1-24-5-4-12-42(24)50(45,46)39-28-7-8-29(48-20-28)17-40-13-10-35(11-14-40)21-41(22-35)33-32(16-37-23-38-33)49-31-9-6-27(36)15-30(31)34(44)43-25(2)18-47-19-26(43)3/h6,9,15-16,23-26,28-29,39H,4-5,7-8,10-14,17-22H2,1-3H3/t24?,25-,26-,28-,29+/m1/s1. The number of rotatable bonds is 9. The van der Waals surface area contributed by atoms with Crippen molar-refractivity contribution in [1.29, 1.82) is 0 Å². The van der Waals surface area contributed by atoms with Crippen molar-refractivity contribution < 1.29 is 31.8 Å². The summed E-state index contributed by atoms with van der Waals surface area (Å²) in [7, 11) is -3.48. The van der Waals surface area contributed by atoms with E-state index in [4.69, 9.17) is 14.2 Å². The molecule has 1 unspecified atom stereocenters. The van der Waals surface area contributed by atoms with E-state index in [1.54, 1.807) is 15.4 Å². The number of nitrogens with zero attached hydrogens (tertiary/aromatic N) is 6. The second-order valence-electron chi connectivity index (χ2n) is 15.0. The molecule has 13 nitrogen and oxygen atoms in total. The molecule has 0 bridgehead atoms. The Morgan fingerprint density at radius 1 is 1.02 bits per heavy atom.